The van der Waals surface area contributed by atoms with E-state index in [4.69, 9.17) is 9.57 Å². The summed E-state index contributed by atoms with van der Waals surface area (Å²) >= 11 is 0. The molecule has 2 N–H and O–H groups in total. The third-order valence-electron chi connectivity index (χ3n) is 4.47. The Kier molecular flexibility index (Phi) is 4.50. The minimum Gasteiger partial charge on any atom is -0.444 e. The Bertz CT molecular complexity index is 571. The van der Waals surface area contributed by atoms with Crippen LogP contribution in [-0.2, 0) is 14.4 Å². The summed E-state index contributed by atoms with van der Waals surface area (Å²) in [5.74, 6) is -0.419. The van der Waals surface area contributed by atoms with Gasteiger partial charge in [-0.1, -0.05) is 0 Å². The van der Waals surface area contributed by atoms with Gasteiger partial charge in [0, 0.05) is 6.54 Å². The molecule has 4 amide bonds. The maximum absolute atomic E-state index is 12.3. The number of nitrogens with zero attached hydrogens (tertiary/aromatic N) is 3. The molecule has 2 bridgehead atoms. The first-order valence-corrected chi connectivity index (χ1v) is 8.38. The molecule has 3 saturated heterocycles. The molecular formula is C15H24N4O6. The number of ether oxygens (including phenoxy) is 1. The lowest BCUT2D eigenvalue weighted by molar-refractivity contribution is -0.152. The van der Waals surface area contributed by atoms with Gasteiger partial charge >= 0.3 is 12.1 Å². The van der Waals surface area contributed by atoms with Crippen LogP contribution in [0.5, 0.6) is 0 Å². The molecule has 3 heterocycles. The summed E-state index contributed by atoms with van der Waals surface area (Å²) in [5, 5.41) is 10.3. The number of hydrogen-bond donors (Lipinski definition) is 2. The van der Waals surface area contributed by atoms with Crippen molar-refractivity contribution in [2.45, 2.75) is 57.4 Å². The summed E-state index contributed by atoms with van der Waals surface area (Å²) < 4.78 is 5.24. The highest BCUT2D eigenvalue weighted by Gasteiger charge is 2.47. The molecule has 0 spiro atoms. The lowest BCUT2D eigenvalue weighted by atomic mass is 10.0. The zero-order valence-corrected chi connectivity index (χ0v) is 14.6. The van der Waals surface area contributed by atoms with Crippen LogP contribution in [0.1, 0.15) is 33.6 Å². The topological polar surface area (TPSA) is 112 Å². The van der Waals surface area contributed by atoms with Crippen LogP contribution in [-0.4, -0.2) is 81.5 Å². The molecule has 25 heavy (non-hydrogen) atoms. The normalized spacial score (nSPS) is 26.6. The summed E-state index contributed by atoms with van der Waals surface area (Å²) in [4.78, 5) is 44.1. The predicted octanol–water partition coefficient (Wildman–Crippen LogP) is 0.311. The van der Waals surface area contributed by atoms with E-state index in [2.05, 4.69) is 5.48 Å². The number of hydroxylamine groups is 3. The van der Waals surface area contributed by atoms with Gasteiger partial charge in [-0.15, -0.1) is 0 Å². The lowest BCUT2D eigenvalue weighted by Crippen LogP contribution is -2.58. The Balaban J connectivity index is 1.41. The van der Waals surface area contributed by atoms with Gasteiger partial charge in [-0.3, -0.25) is 14.8 Å². The first-order valence-electron chi connectivity index (χ1n) is 8.38. The van der Waals surface area contributed by atoms with Crippen molar-refractivity contribution in [1.82, 2.24) is 20.3 Å². The minimum atomic E-state index is -0.650. The molecule has 140 valence electrons. The number of carbonyl (C=O) groups excluding carboxylic acids is 3. The number of carbonyl (C=O) groups is 3. The second-order valence-corrected chi connectivity index (χ2v) is 7.62. The average molecular weight is 356 g/mol. The molecule has 3 aliphatic heterocycles. The standard InChI is InChI=1S/C15H24N4O6/c1-15(2,3)24-14(22)17-7-10(8-17)25-16-12(20)11-5-4-9-6-18(11)13(21)19(9)23/h9-11,23H,4-8H2,1-3H3,(H,16,20)/t9-,11+/m1/s1. The molecule has 0 aromatic rings. The van der Waals surface area contributed by atoms with E-state index in [-0.39, 0.29) is 12.1 Å². The fourth-order valence-electron chi connectivity index (χ4n) is 3.12. The van der Waals surface area contributed by atoms with Crippen LogP contribution in [0.15, 0.2) is 0 Å². The zero-order valence-electron chi connectivity index (χ0n) is 14.6. The highest BCUT2D eigenvalue weighted by Crippen LogP contribution is 2.28. The van der Waals surface area contributed by atoms with Crippen LogP contribution in [0.2, 0.25) is 0 Å². The number of urea groups is 1. The summed E-state index contributed by atoms with van der Waals surface area (Å²) in [7, 11) is 0. The van der Waals surface area contributed by atoms with E-state index in [1.165, 1.54) is 9.80 Å². The van der Waals surface area contributed by atoms with E-state index in [1.807, 2.05) is 0 Å². The van der Waals surface area contributed by atoms with Crippen molar-refractivity contribution in [2.75, 3.05) is 19.6 Å². The van der Waals surface area contributed by atoms with Crippen LogP contribution in [0.25, 0.3) is 0 Å². The predicted molar refractivity (Wildman–Crippen MR) is 83.4 cm³/mol. The second kappa shape index (κ2) is 6.34. The van der Waals surface area contributed by atoms with Crippen molar-refractivity contribution >= 4 is 18.0 Å². The summed E-state index contributed by atoms with van der Waals surface area (Å²) in [5.41, 5.74) is 1.81. The number of rotatable bonds is 3. The first kappa shape index (κ1) is 17.7. The van der Waals surface area contributed by atoms with Crippen LogP contribution in [0.4, 0.5) is 9.59 Å². The Morgan fingerprint density at radius 2 is 1.88 bits per heavy atom. The molecule has 3 aliphatic rings. The maximum Gasteiger partial charge on any atom is 0.410 e. The highest BCUT2D eigenvalue weighted by atomic mass is 16.7. The van der Waals surface area contributed by atoms with Crippen molar-refractivity contribution in [3.8, 4) is 0 Å². The van der Waals surface area contributed by atoms with Crippen molar-refractivity contribution in [1.29, 1.82) is 0 Å². The minimum absolute atomic E-state index is 0.244. The molecule has 10 heteroatoms. The monoisotopic (exact) mass is 356 g/mol. The number of likely N-dealkylation sites (tertiary alicyclic amines) is 1. The first-order chi connectivity index (χ1) is 11.7. The molecule has 0 radical (unpaired) electrons. The summed E-state index contributed by atoms with van der Waals surface area (Å²) in [6.07, 6.45) is 0.309. The maximum atomic E-state index is 12.3. The Hall–Kier alpha value is -2.07. The van der Waals surface area contributed by atoms with Gasteiger partial charge in [0.05, 0.1) is 19.1 Å². The second-order valence-electron chi connectivity index (χ2n) is 7.62. The van der Waals surface area contributed by atoms with Crippen molar-refractivity contribution in [3.05, 3.63) is 0 Å². The third-order valence-corrected chi connectivity index (χ3v) is 4.47. The molecule has 2 atom stereocenters. The quantitative estimate of drug-likeness (QED) is 0.556. The van der Waals surface area contributed by atoms with Gasteiger partial charge in [-0.05, 0) is 33.6 Å². The number of hydrogen-bond acceptors (Lipinski definition) is 6. The molecule has 0 aromatic carbocycles. The number of fused-ring (bicyclic) bond motifs is 2. The summed E-state index contributed by atoms with van der Waals surface area (Å²) in [6, 6.07) is -1.45. The van der Waals surface area contributed by atoms with E-state index in [1.54, 1.807) is 20.8 Å². The molecule has 0 saturated carbocycles. The Morgan fingerprint density at radius 1 is 1.20 bits per heavy atom. The largest absolute Gasteiger partial charge is 0.444 e. The van der Waals surface area contributed by atoms with E-state index < -0.39 is 29.7 Å². The van der Waals surface area contributed by atoms with E-state index in [9.17, 15) is 19.6 Å². The molecule has 10 nitrogen and oxygen atoms in total. The van der Waals surface area contributed by atoms with E-state index in [0.717, 1.165) is 0 Å². The third kappa shape index (κ3) is 3.64. The van der Waals surface area contributed by atoms with Gasteiger partial charge in [-0.2, -0.15) is 0 Å². The van der Waals surface area contributed by atoms with Gasteiger partial charge in [-0.25, -0.2) is 20.1 Å². The van der Waals surface area contributed by atoms with E-state index in [0.29, 0.717) is 37.5 Å². The van der Waals surface area contributed by atoms with Crippen molar-refractivity contribution < 1.29 is 29.2 Å². The Morgan fingerprint density at radius 3 is 2.52 bits per heavy atom. The van der Waals surface area contributed by atoms with Gasteiger partial charge in [0.2, 0.25) is 0 Å². The fraction of sp³-hybridized carbons (Fsp3) is 0.800. The van der Waals surface area contributed by atoms with Gasteiger partial charge in [0.15, 0.2) is 0 Å². The number of nitrogens with one attached hydrogen (secondary N) is 1. The van der Waals surface area contributed by atoms with Gasteiger partial charge < -0.3 is 14.5 Å². The van der Waals surface area contributed by atoms with Crippen molar-refractivity contribution in [2.24, 2.45) is 0 Å². The van der Waals surface area contributed by atoms with Crippen LogP contribution < -0.4 is 5.48 Å². The van der Waals surface area contributed by atoms with Crippen molar-refractivity contribution in [3.63, 3.8) is 0 Å². The molecular weight excluding hydrogens is 332 g/mol. The van der Waals surface area contributed by atoms with Gasteiger partial charge in [0.1, 0.15) is 17.7 Å². The van der Waals surface area contributed by atoms with Gasteiger partial charge in [0.25, 0.3) is 5.91 Å². The number of amides is 4. The zero-order chi connectivity index (χ0) is 18.4. The number of piperidine rings is 1. The highest BCUT2D eigenvalue weighted by molar-refractivity contribution is 5.87. The molecule has 3 rings (SSSR count). The summed E-state index contributed by atoms with van der Waals surface area (Å²) in [6.45, 7) is 6.37. The fourth-order valence-corrected chi connectivity index (χ4v) is 3.12. The SMILES string of the molecule is CC(C)(C)OC(=O)N1CC(ONC(=O)[C@@H]2CC[C@@H]3CN2C(=O)N3O)C1. The average Bonchev–Trinajstić information content (AvgIpc) is 2.68. The molecule has 3 fully saturated rings. The smallest absolute Gasteiger partial charge is 0.410 e. The van der Waals surface area contributed by atoms with Crippen LogP contribution in [0.3, 0.4) is 0 Å². The molecule has 0 unspecified atom stereocenters. The van der Waals surface area contributed by atoms with Crippen LogP contribution in [0, 0.1) is 0 Å². The van der Waals surface area contributed by atoms with E-state index >= 15 is 0 Å². The van der Waals surface area contributed by atoms with Crippen LogP contribution >= 0.6 is 0 Å². The molecule has 0 aromatic heterocycles. The molecule has 0 aliphatic carbocycles. The Labute approximate surface area is 145 Å². The lowest BCUT2D eigenvalue weighted by Gasteiger charge is -2.39.